The molecule has 17 nitrogen and oxygen atoms in total. The second kappa shape index (κ2) is 22.3. The third kappa shape index (κ3) is 13.4. The number of methoxy groups -OCH3 is 2. The van der Waals surface area contributed by atoms with Gasteiger partial charge in [0.2, 0.25) is 5.79 Å². The molecule has 4 heterocycles. The van der Waals surface area contributed by atoms with Gasteiger partial charge >= 0.3 is 29.8 Å². The lowest BCUT2D eigenvalue weighted by Crippen LogP contribution is -2.62. The molecular weight excluding hydrogens is 836 g/mol. The minimum Gasteiger partial charge on any atom is -0.466 e. The summed E-state index contributed by atoms with van der Waals surface area (Å²) >= 11 is 0. The first-order valence-electron chi connectivity index (χ1n) is 21.9. The lowest BCUT2D eigenvalue weighted by atomic mass is 9.70. The van der Waals surface area contributed by atoms with Crippen molar-refractivity contribution in [3.8, 4) is 0 Å². The Labute approximate surface area is 375 Å². The Bertz CT molecular complexity index is 1830. The molecule has 4 aliphatic heterocycles. The maximum atomic E-state index is 13.4. The second-order valence-electron chi connectivity index (χ2n) is 18.3. The van der Waals surface area contributed by atoms with Crippen LogP contribution in [0.3, 0.4) is 0 Å². The van der Waals surface area contributed by atoms with E-state index in [4.69, 9.17) is 37.9 Å². The van der Waals surface area contributed by atoms with E-state index >= 15 is 0 Å². The van der Waals surface area contributed by atoms with Crippen molar-refractivity contribution in [2.45, 2.75) is 179 Å². The lowest BCUT2D eigenvalue weighted by Gasteiger charge is -2.53. The van der Waals surface area contributed by atoms with E-state index in [2.05, 4.69) is 0 Å². The molecule has 0 amide bonds. The van der Waals surface area contributed by atoms with Crippen LogP contribution >= 0.6 is 0 Å². The predicted molar refractivity (Wildman–Crippen MR) is 228 cm³/mol. The molecule has 0 radical (unpaired) electrons. The van der Waals surface area contributed by atoms with Gasteiger partial charge in [-0.25, -0.2) is 14.4 Å². The summed E-state index contributed by atoms with van der Waals surface area (Å²) in [6.45, 7) is 11.2. The molecular formula is C47H68O17. The number of aliphatic hydroxyl groups is 4. The van der Waals surface area contributed by atoms with Crippen LogP contribution < -0.4 is 0 Å². The van der Waals surface area contributed by atoms with Gasteiger partial charge in [-0.2, -0.15) is 0 Å². The summed E-state index contributed by atoms with van der Waals surface area (Å²) in [6.07, 6.45) is 2.55. The van der Waals surface area contributed by atoms with Crippen molar-refractivity contribution in [1.82, 2.24) is 0 Å². The number of allylic oxidation sites excluding steroid dienone is 3. The van der Waals surface area contributed by atoms with Gasteiger partial charge in [0.15, 0.2) is 11.9 Å². The molecule has 1 unspecified atom stereocenters. The van der Waals surface area contributed by atoms with Crippen molar-refractivity contribution in [2.75, 3.05) is 14.2 Å². The molecule has 0 aromatic rings. The van der Waals surface area contributed by atoms with Crippen molar-refractivity contribution < 1.29 is 82.3 Å². The quantitative estimate of drug-likeness (QED) is 0.0830. The molecule has 3 fully saturated rings. The molecule has 11 atom stereocenters. The van der Waals surface area contributed by atoms with E-state index in [1.165, 1.54) is 33.1 Å². The molecule has 3 saturated heterocycles. The van der Waals surface area contributed by atoms with Crippen molar-refractivity contribution in [3.05, 3.63) is 59.8 Å². The molecule has 0 aromatic heterocycles. The van der Waals surface area contributed by atoms with E-state index in [0.29, 0.717) is 5.57 Å². The van der Waals surface area contributed by atoms with Gasteiger partial charge in [-0.3, -0.25) is 9.59 Å². The third-order valence-electron chi connectivity index (χ3n) is 12.4. The Balaban J connectivity index is 1.89. The molecule has 0 aromatic carbocycles. The van der Waals surface area contributed by atoms with E-state index in [0.717, 1.165) is 32.1 Å². The number of ether oxygens (including phenoxy) is 8. The van der Waals surface area contributed by atoms with E-state index in [9.17, 15) is 44.4 Å². The van der Waals surface area contributed by atoms with Crippen LogP contribution in [0.5, 0.6) is 0 Å². The molecule has 0 aliphatic carbocycles. The maximum absolute atomic E-state index is 13.4. The van der Waals surface area contributed by atoms with Gasteiger partial charge in [0.25, 0.3) is 0 Å². The van der Waals surface area contributed by atoms with Crippen molar-refractivity contribution in [1.29, 1.82) is 0 Å². The predicted octanol–water partition coefficient (Wildman–Crippen LogP) is 4.28. The van der Waals surface area contributed by atoms with Gasteiger partial charge in [0.05, 0.1) is 62.7 Å². The van der Waals surface area contributed by atoms with Crippen LogP contribution in [-0.4, -0.2) is 131 Å². The van der Waals surface area contributed by atoms with Gasteiger partial charge in [0, 0.05) is 56.3 Å². The first-order valence-corrected chi connectivity index (χ1v) is 21.9. The van der Waals surface area contributed by atoms with Crippen LogP contribution in [0.2, 0.25) is 0 Å². The number of fused-ring (bicyclic) bond motifs is 6. The number of rotatable bonds is 9. The SMILES string of the molecule is CCC/C=C/C=C/C(=O)O[C@H]1/C(=C/C(=O)OC)C[C@H]2C[C@H]([C@@H](C)O)OC(=O)C[C@H](O)CC3C[C@H](OC(C)=O)C(C)(C)[C@](O)(C[C@@H]4C/C(=C/C(=O)OC)C[C@H](/C=C/C(C)(C)[C@]1(O)O2)O4)O3. The minimum absolute atomic E-state index is 0.0721. The number of unbranched alkanes of at least 4 members (excludes halogenated alkanes) is 1. The summed E-state index contributed by atoms with van der Waals surface area (Å²) in [7, 11) is 2.40. The summed E-state index contributed by atoms with van der Waals surface area (Å²) in [5.74, 6) is -8.31. The van der Waals surface area contributed by atoms with Crippen molar-refractivity contribution in [2.24, 2.45) is 10.8 Å². The highest BCUT2D eigenvalue weighted by Gasteiger charge is 2.59. The summed E-state index contributed by atoms with van der Waals surface area (Å²) in [6, 6.07) is 0. The highest BCUT2D eigenvalue weighted by atomic mass is 16.7. The van der Waals surface area contributed by atoms with Gasteiger partial charge in [0.1, 0.15) is 12.2 Å². The summed E-state index contributed by atoms with van der Waals surface area (Å²) in [5, 5.41) is 47.5. The molecule has 17 heteroatoms. The zero-order valence-corrected chi connectivity index (χ0v) is 38.5. The molecule has 0 saturated carbocycles. The van der Waals surface area contributed by atoms with E-state index in [-0.39, 0.29) is 50.5 Å². The number of carbonyl (C=O) groups excluding carboxylic acids is 5. The smallest absolute Gasteiger partial charge is 0.331 e. The number of aliphatic hydroxyl groups excluding tert-OH is 2. The van der Waals surface area contributed by atoms with Gasteiger partial charge in [-0.15, -0.1) is 0 Å². The van der Waals surface area contributed by atoms with Crippen LogP contribution in [0, 0.1) is 10.8 Å². The summed E-state index contributed by atoms with van der Waals surface area (Å²) in [4.78, 5) is 64.7. The fourth-order valence-electron chi connectivity index (χ4n) is 8.57. The first kappa shape index (κ1) is 52.4. The van der Waals surface area contributed by atoms with Crippen molar-refractivity contribution in [3.63, 3.8) is 0 Å². The fraction of sp³-hybridized carbons (Fsp3) is 0.681. The Hall–Kier alpha value is -4.23. The van der Waals surface area contributed by atoms with Gasteiger partial charge in [-0.1, -0.05) is 77.0 Å². The molecule has 6 bridgehead atoms. The number of hydrogen-bond donors (Lipinski definition) is 4. The number of cyclic esters (lactones) is 1. The topological polar surface area (TPSA) is 240 Å². The third-order valence-corrected chi connectivity index (χ3v) is 12.4. The van der Waals surface area contributed by atoms with E-state index in [1.54, 1.807) is 45.9 Å². The highest BCUT2D eigenvalue weighted by Crippen LogP contribution is 2.50. The standard InChI is InChI=1S/C47H68O17/c1-10-11-12-13-14-15-39(51)62-43-31(22-41(53)58-9)21-34-25-37(28(2)48)61-42(54)24-32(50)23-35-26-38(59-29(3)49)45(6,7)46(55,63-35)27-36-19-30(20-40(52)57-8)18-33(60-36)16-17-44(4,5)47(43,56)64-34/h12-17,20,22,28,32-38,43,48,50,55-56H,10-11,18-19,21,23-27H2,1-9H3/b13-12+,15-14+,17-16+,30-20+,31-22+/t28-,32-,33+,34+,35?,36+,37-,38+,43+,46+,47-/m1/s1. The number of carbonyl (C=O) groups is 5. The Morgan fingerprint density at radius 3 is 2.20 bits per heavy atom. The summed E-state index contributed by atoms with van der Waals surface area (Å²) < 4.78 is 46.7. The average molecular weight is 905 g/mol. The molecule has 4 rings (SSSR count). The molecule has 358 valence electrons. The van der Waals surface area contributed by atoms with E-state index in [1.807, 2.05) is 13.0 Å². The fourth-order valence-corrected chi connectivity index (χ4v) is 8.57. The van der Waals surface area contributed by atoms with Crippen LogP contribution in [0.25, 0.3) is 0 Å². The molecule has 0 spiro atoms. The zero-order valence-electron chi connectivity index (χ0n) is 38.5. The van der Waals surface area contributed by atoms with Gasteiger partial charge < -0.3 is 58.3 Å². The number of hydrogen-bond acceptors (Lipinski definition) is 17. The maximum Gasteiger partial charge on any atom is 0.331 e. The van der Waals surface area contributed by atoms with Crippen molar-refractivity contribution >= 4 is 29.8 Å². The molecule has 4 N–H and O–H groups in total. The highest BCUT2D eigenvalue weighted by molar-refractivity contribution is 5.85. The Morgan fingerprint density at radius 2 is 1.56 bits per heavy atom. The van der Waals surface area contributed by atoms with Crippen LogP contribution in [0.4, 0.5) is 0 Å². The largest absolute Gasteiger partial charge is 0.466 e. The lowest BCUT2D eigenvalue weighted by molar-refractivity contribution is -0.348. The number of esters is 5. The minimum atomic E-state index is -2.47. The monoisotopic (exact) mass is 904 g/mol. The van der Waals surface area contributed by atoms with E-state index < -0.39 is 114 Å². The van der Waals surface area contributed by atoms with Gasteiger partial charge in [-0.05, 0) is 38.2 Å². The first-order chi connectivity index (χ1) is 29.9. The normalized spacial score (nSPS) is 35.8. The zero-order chi connectivity index (χ0) is 47.6. The average Bonchev–Trinajstić information content (AvgIpc) is 3.19. The van der Waals surface area contributed by atoms with Crippen LogP contribution in [0.1, 0.15) is 113 Å². The Kier molecular flexibility index (Phi) is 18.3. The van der Waals surface area contributed by atoms with Crippen LogP contribution in [0.15, 0.2) is 59.8 Å². The second-order valence-corrected chi connectivity index (χ2v) is 18.3. The summed E-state index contributed by atoms with van der Waals surface area (Å²) in [5.41, 5.74) is -2.06. The molecule has 4 aliphatic rings. The molecule has 64 heavy (non-hydrogen) atoms. The van der Waals surface area contributed by atoms with Crippen LogP contribution in [-0.2, 0) is 61.9 Å². The Morgan fingerprint density at radius 1 is 0.875 bits per heavy atom.